The fourth-order valence-electron chi connectivity index (χ4n) is 1.62. The van der Waals surface area contributed by atoms with Crippen LogP contribution < -0.4 is 5.32 Å². The second kappa shape index (κ2) is 4.61. The first-order chi connectivity index (χ1) is 7.66. The molecule has 1 unspecified atom stereocenters. The van der Waals surface area contributed by atoms with Crippen LogP contribution in [0.25, 0.3) is 0 Å². The van der Waals surface area contributed by atoms with Crippen LogP contribution in [0.1, 0.15) is 23.5 Å². The van der Waals surface area contributed by atoms with E-state index in [2.05, 4.69) is 10.3 Å². The number of rotatable bonds is 3. The van der Waals surface area contributed by atoms with Crippen molar-refractivity contribution in [3.05, 3.63) is 46.2 Å². The van der Waals surface area contributed by atoms with Gasteiger partial charge in [0.1, 0.15) is 5.82 Å². The van der Waals surface area contributed by atoms with Crippen LogP contribution in [0, 0.1) is 12.7 Å². The summed E-state index contributed by atoms with van der Waals surface area (Å²) < 4.78 is 13.0. The molecule has 1 heterocycles. The number of thiazole rings is 1. The zero-order valence-corrected chi connectivity index (χ0v) is 10.0. The Labute approximate surface area is 98.2 Å². The molecule has 0 saturated carbocycles. The highest BCUT2D eigenvalue weighted by molar-refractivity contribution is 7.09. The molecule has 1 aromatic carbocycles. The average Bonchev–Trinajstić information content (AvgIpc) is 2.64. The molecule has 0 spiro atoms. The number of nitrogens with zero attached hydrogens (tertiary/aromatic N) is 1. The Hall–Kier alpha value is -1.42. The highest BCUT2D eigenvalue weighted by atomic mass is 32.1. The van der Waals surface area contributed by atoms with Crippen molar-refractivity contribution in [2.45, 2.75) is 19.9 Å². The fourth-order valence-corrected chi connectivity index (χ4v) is 2.43. The maximum Gasteiger partial charge on any atom is 0.125 e. The van der Waals surface area contributed by atoms with Crippen molar-refractivity contribution in [2.75, 3.05) is 5.32 Å². The molecular formula is C12H13FN2S. The van der Waals surface area contributed by atoms with Crippen molar-refractivity contribution in [1.82, 2.24) is 4.98 Å². The SMILES string of the molecule is Cc1ncsc1C(C)Nc1cccc(F)c1. The summed E-state index contributed by atoms with van der Waals surface area (Å²) in [7, 11) is 0. The van der Waals surface area contributed by atoms with Gasteiger partial charge in [-0.3, -0.25) is 0 Å². The van der Waals surface area contributed by atoms with E-state index in [4.69, 9.17) is 0 Å². The summed E-state index contributed by atoms with van der Waals surface area (Å²) in [6, 6.07) is 6.63. The van der Waals surface area contributed by atoms with Crippen molar-refractivity contribution < 1.29 is 4.39 Å². The van der Waals surface area contributed by atoms with Gasteiger partial charge in [0.25, 0.3) is 0 Å². The normalized spacial score (nSPS) is 12.4. The highest BCUT2D eigenvalue weighted by Gasteiger charge is 2.10. The Morgan fingerprint density at radius 2 is 2.25 bits per heavy atom. The van der Waals surface area contributed by atoms with Gasteiger partial charge in [0.05, 0.1) is 17.2 Å². The zero-order valence-electron chi connectivity index (χ0n) is 9.20. The molecule has 0 aliphatic heterocycles. The number of hydrogen-bond acceptors (Lipinski definition) is 3. The smallest absolute Gasteiger partial charge is 0.125 e. The van der Waals surface area contributed by atoms with Crippen molar-refractivity contribution in [1.29, 1.82) is 0 Å². The summed E-state index contributed by atoms with van der Waals surface area (Å²) in [5.41, 5.74) is 3.65. The number of anilines is 1. The molecule has 1 N–H and O–H groups in total. The maximum atomic E-state index is 13.0. The monoisotopic (exact) mass is 236 g/mol. The summed E-state index contributed by atoms with van der Waals surface area (Å²) >= 11 is 1.61. The fraction of sp³-hybridized carbons (Fsp3) is 0.250. The van der Waals surface area contributed by atoms with Gasteiger partial charge < -0.3 is 5.32 Å². The van der Waals surface area contributed by atoms with Crippen molar-refractivity contribution in [2.24, 2.45) is 0 Å². The molecule has 1 aromatic heterocycles. The van der Waals surface area contributed by atoms with E-state index in [1.54, 1.807) is 17.4 Å². The highest BCUT2D eigenvalue weighted by Crippen LogP contribution is 2.25. The van der Waals surface area contributed by atoms with Crippen LogP contribution in [0.2, 0.25) is 0 Å². The summed E-state index contributed by atoms with van der Waals surface area (Å²) in [5, 5.41) is 3.26. The molecule has 0 amide bonds. The lowest BCUT2D eigenvalue weighted by Gasteiger charge is -2.14. The second-order valence-electron chi connectivity index (χ2n) is 3.68. The van der Waals surface area contributed by atoms with E-state index >= 15 is 0 Å². The van der Waals surface area contributed by atoms with Gasteiger partial charge in [-0.1, -0.05) is 6.07 Å². The first-order valence-electron chi connectivity index (χ1n) is 5.09. The van der Waals surface area contributed by atoms with Crippen molar-refractivity contribution in [3.63, 3.8) is 0 Å². The number of nitrogens with one attached hydrogen (secondary N) is 1. The van der Waals surface area contributed by atoms with Gasteiger partial charge in [0.2, 0.25) is 0 Å². The first-order valence-corrected chi connectivity index (χ1v) is 5.97. The third-order valence-corrected chi connectivity index (χ3v) is 3.50. The summed E-state index contributed by atoms with van der Waals surface area (Å²) in [6.45, 7) is 4.03. The van der Waals surface area contributed by atoms with E-state index in [0.29, 0.717) is 0 Å². The Kier molecular flexibility index (Phi) is 3.19. The van der Waals surface area contributed by atoms with Gasteiger partial charge in [0.15, 0.2) is 0 Å². The van der Waals surface area contributed by atoms with E-state index in [1.807, 2.05) is 25.4 Å². The van der Waals surface area contributed by atoms with E-state index in [1.165, 1.54) is 17.0 Å². The summed E-state index contributed by atoms with van der Waals surface area (Å²) in [5.74, 6) is -0.224. The number of aromatic nitrogens is 1. The molecule has 16 heavy (non-hydrogen) atoms. The molecule has 0 aliphatic rings. The van der Waals surface area contributed by atoms with Gasteiger partial charge >= 0.3 is 0 Å². The molecular weight excluding hydrogens is 223 g/mol. The van der Waals surface area contributed by atoms with Gasteiger partial charge in [-0.05, 0) is 32.0 Å². The molecule has 2 rings (SSSR count). The van der Waals surface area contributed by atoms with Crippen LogP contribution >= 0.6 is 11.3 Å². The molecule has 0 aliphatic carbocycles. The number of hydrogen-bond donors (Lipinski definition) is 1. The Bertz CT molecular complexity index is 481. The van der Waals surface area contributed by atoms with Crippen molar-refractivity contribution >= 4 is 17.0 Å². The summed E-state index contributed by atoms with van der Waals surface area (Å²) in [6.07, 6.45) is 0. The first kappa shape index (κ1) is 11.1. The molecule has 0 saturated heterocycles. The zero-order chi connectivity index (χ0) is 11.5. The second-order valence-corrected chi connectivity index (χ2v) is 4.56. The molecule has 4 heteroatoms. The molecule has 0 radical (unpaired) electrons. The minimum Gasteiger partial charge on any atom is -0.378 e. The largest absolute Gasteiger partial charge is 0.378 e. The van der Waals surface area contributed by atoms with Crippen LogP contribution in [0.3, 0.4) is 0 Å². The number of benzene rings is 1. The molecule has 2 aromatic rings. The van der Waals surface area contributed by atoms with Gasteiger partial charge in [-0.25, -0.2) is 9.37 Å². The minimum absolute atomic E-state index is 0.147. The van der Waals surface area contributed by atoms with Crippen LogP contribution in [0.15, 0.2) is 29.8 Å². The predicted octanol–water partition coefficient (Wildman–Crippen LogP) is 3.76. The Morgan fingerprint density at radius 1 is 1.44 bits per heavy atom. The van der Waals surface area contributed by atoms with E-state index in [0.717, 1.165) is 11.4 Å². The molecule has 0 bridgehead atoms. The topological polar surface area (TPSA) is 24.9 Å². The van der Waals surface area contributed by atoms with Gasteiger partial charge in [0, 0.05) is 10.6 Å². The minimum atomic E-state index is -0.224. The van der Waals surface area contributed by atoms with E-state index < -0.39 is 0 Å². The molecule has 2 nitrogen and oxygen atoms in total. The quantitative estimate of drug-likeness (QED) is 0.877. The Morgan fingerprint density at radius 3 is 2.88 bits per heavy atom. The van der Waals surface area contributed by atoms with Crippen LogP contribution in [-0.2, 0) is 0 Å². The van der Waals surface area contributed by atoms with Crippen LogP contribution in [0.4, 0.5) is 10.1 Å². The lowest BCUT2D eigenvalue weighted by molar-refractivity contribution is 0.628. The molecule has 1 atom stereocenters. The number of aryl methyl sites for hydroxylation is 1. The van der Waals surface area contributed by atoms with Crippen LogP contribution in [0.5, 0.6) is 0 Å². The molecule has 84 valence electrons. The lowest BCUT2D eigenvalue weighted by Crippen LogP contribution is -2.06. The standard InChI is InChI=1S/C12H13FN2S/c1-8-12(16-7-14-8)9(2)15-11-5-3-4-10(13)6-11/h3-7,9,15H,1-2H3. The third kappa shape index (κ3) is 2.39. The molecule has 0 fully saturated rings. The number of halogens is 1. The van der Waals surface area contributed by atoms with E-state index in [-0.39, 0.29) is 11.9 Å². The Balaban J connectivity index is 2.14. The van der Waals surface area contributed by atoms with Crippen LogP contribution in [-0.4, -0.2) is 4.98 Å². The average molecular weight is 236 g/mol. The third-order valence-electron chi connectivity index (χ3n) is 2.38. The van der Waals surface area contributed by atoms with Gasteiger partial charge in [-0.15, -0.1) is 11.3 Å². The van der Waals surface area contributed by atoms with Gasteiger partial charge in [-0.2, -0.15) is 0 Å². The predicted molar refractivity (Wildman–Crippen MR) is 65.3 cm³/mol. The van der Waals surface area contributed by atoms with Crippen molar-refractivity contribution in [3.8, 4) is 0 Å². The lowest BCUT2D eigenvalue weighted by atomic mass is 10.2. The maximum absolute atomic E-state index is 13.0. The van der Waals surface area contributed by atoms with E-state index in [9.17, 15) is 4.39 Å². The summed E-state index contributed by atoms with van der Waals surface area (Å²) in [4.78, 5) is 5.39.